The fourth-order valence-corrected chi connectivity index (χ4v) is 3.85. The highest BCUT2D eigenvalue weighted by atomic mass is 32.2. The monoisotopic (exact) mass is 301 g/mol. The molecule has 0 bridgehead atoms. The van der Waals surface area contributed by atoms with Gasteiger partial charge in [-0.05, 0) is 45.0 Å². The molecule has 3 N–H and O–H groups in total. The van der Waals surface area contributed by atoms with Crippen molar-refractivity contribution < 1.29 is 12.8 Å². The van der Waals surface area contributed by atoms with Crippen molar-refractivity contribution in [3.8, 4) is 0 Å². The third kappa shape index (κ3) is 3.28. The van der Waals surface area contributed by atoms with E-state index in [1.807, 2.05) is 7.05 Å². The van der Waals surface area contributed by atoms with Gasteiger partial charge in [0.25, 0.3) is 0 Å². The predicted molar refractivity (Wildman–Crippen MR) is 76.3 cm³/mol. The lowest BCUT2D eigenvalue weighted by atomic mass is 10.1. The molecule has 1 aromatic rings. The molecule has 1 aliphatic rings. The number of halogens is 1. The average Bonchev–Trinajstić information content (AvgIpc) is 2.77. The van der Waals surface area contributed by atoms with Gasteiger partial charge in [-0.1, -0.05) is 0 Å². The molecule has 0 aliphatic carbocycles. The fraction of sp³-hybridized carbons (Fsp3) is 0.538. The number of nitrogen functional groups attached to an aromatic ring is 1. The lowest BCUT2D eigenvalue weighted by Gasteiger charge is -2.14. The minimum absolute atomic E-state index is 0.0821. The number of hydrogen-bond donors (Lipinski definition) is 2. The molecule has 1 fully saturated rings. The topological polar surface area (TPSA) is 75.4 Å². The lowest BCUT2D eigenvalue weighted by molar-refractivity contribution is 0.394. The van der Waals surface area contributed by atoms with Crippen LogP contribution in [0.25, 0.3) is 0 Å². The first-order valence-corrected chi connectivity index (χ1v) is 8.02. The van der Waals surface area contributed by atoms with Gasteiger partial charge in [-0.25, -0.2) is 17.5 Å². The second-order valence-corrected chi connectivity index (χ2v) is 7.13. The first-order valence-electron chi connectivity index (χ1n) is 6.53. The smallest absolute Gasteiger partial charge is 0.241 e. The predicted octanol–water partition coefficient (Wildman–Crippen LogP) is 0.946. The van der Waals surface area contributed by atoms with Crippen LogP contribution in [-0.4, -0.2) is 40.0 Å². The first-order chi connectivity index (χ1) is 9.29. The van der Waals surface area contributed by atoms with Crippen LogP contribution in [0.1, 0.15) is 12.0 Å². The second-order valence-electron chi connectivity index (χ2n) is 5.39. The number of nitrogens with zero attached hydrogens (tertiary/aromatic N) is 1. The average molecular weight is 301 g/mol. The number of hydrogen-bond acceptors (Lipinski definition) is 4. The molecule has 7 heteroatoms. The van der Waals surface area contributed by atoms with Crippen LogP contribution >= 0.6 is 0 Å². The van der Waals surface area contributed by atoms with E-state index in [0.717, 1.165) is 25.6 Å². The SMILES string of the molecule is Cc1c(F)cc(N)cc1S(=O)(=O)NCC1CCN(C)C1. The molecular weight excluding hydrogens is 281 g/mol. The van der Waals surface area contributed by atoms with E-state index >= 15 is 0 Å². The van der Waals surface area contributed by atoms with Crippen molar-refractivity contribution in [1.82, 2.24) is 9.62 Å². The molecule has 1 heterocycles. The fourth-order valence-electron chi connectivity index (χ4n) is 2.45. The van der Waals surface area contributed by atoms with Crippen LogP contribution in [0, 0.1) is 18.7 Å². The summed E-state index contributed by atoms with van der Waals surface area (Å²) in [6, 6.07) is 2.42. The molecule has 0 aromatic heterocycles. The first kappa shape index (κ1) is 15.2. The number of benzene rings is 1. The summed E-state index contributed by atoms with van der Waals surface area (Å²) in [6.07, 6.45) is 0.962. The van der Waals surface area contributed by atoms with Crippen molar-refractivity contribution in [3.05, 3.63) is 23.5 Å². The molecule has 0 spiro atoms. The van der Waals surface area contributed by atoms with E-state index in [4.69, 9.17) is 5.73 Å². The number of nitrogens with one attached hydrogen (secondary N) is 1. The molecule has 5 nitrogen and oxygen atoms in total. The lowest BCUT2D eigenvalue weighted by Crippen LogP contribution is -2.31. The van der Waals surface area contributed by atoms with E-state index in [2.05, 4.69) is 9.62 Å². The third-order valence-electron chi connectivity index (χ3n) is 3.66. The van der Waals surface area contributed by atoms with Gasteiger partial charge in [0.05, 0.1) is 4.90 Å². The van der Waals surface area contributed by atoms with Gasteiger partial charge in [0.15, 0.2) is 0 Å². The number of likely N-dealkylation sites (tertiary alicyclic amines) is 1. The van der Waals surface area contributed by atoms with Crippen LogP contribution in [0.2, 0.25) is 0 Å². The van der Waals surface area contributed by atoms with Gasteiger partial charge in [-0.3, -0.25) is 0 Å². The van der Waals surface area contributed by atoms with Crippen LogP contribution in [-0.2, 0) is 10.0 Å². The number of anilines is 1. The molecule has 1 unspecified atom stereocenters. The largest absolute Gasteiger partial charge is 0.399 e. The third-order valence-corrected chi connectivity index (χ3v) is 5.21. The zero-order chi connectivity index (χ0) is 14.9. The molecule has 0 amide bonds. The Morgan fingerprint density at radius 1 is 1.50 bits per heavy atom. The molecule has 2 rings (SSSR count). The molecule has 20 heavy (non-hydrogen) atoms. The Morgan fingerprint density at radius 3 is 2.80 bits per heavy atom. The van der Waals surface area contributed by atoms with E-state index < -0.39 is 15.8 Å². The van der Waals surface area contributed by atoms with Crippen molar-refractivity contribution in [2.45, 2.75) is 18.2 Å². The van der Waals surface area contributed by atoms with Crippen molar-refractivity contribution in [3.63, 3.8) is 0 Å². The number of sulfonamides is 1. The van der Waals surface area contributed by atoms with E-state index in [1.165, 1.54) is 13.0 Å². The summed E-state index contributed by atoms with van der Waals surface area (Å²) >= 11 is 0. The molecule has 1 saturated heterocycles. The Bertz CT molecular complexity index is 604. The molecule has 112 valence electrons. The Morgan fingerprint density at radius 2 is 2.20 bits per heavy atom. The zero-order valence-electron chi connectivity index (χ0n) is 11.7. The van der Waals surface area contributed by atoms with Crippen LogP contribution in [0.15, 0.2) is 17.0 Å². The Hall–Kier alpha value is -1.18. The highest BCUT2D eigenvalue weighted by Crippen LogP contribution is 2.22. The quantitative estimate of drug-likeness (QED) is 0.812. The van der Waals surface area contributed by atoms with Crippen LogP contribution in [0.5, 0.6) is 0 Å². The maximum atomic E-state index is 13.6. The van der Waals surface area contributed by atoms with E-state index in [-0.39, 0.29) is 16.1 Å². The minimum Gasteiger partial charge on any atom is -0.399 e. The molecule has 1 atom stereocenters. The summed E-state index contributed by atoms with van der Waals surface area (Å²) in [6.45, 7) is 3.64. The number of rotatable bonds is 4. The van der Waals surface area contributed by atoms with Gasteiger partial charge >= 0.3 is 0 Å². The highest BCUT2D eigenvalue weighted by Gasteiger charge is 2.24. The summed E-state index contributed by atoms with van der Waals surface area (Å²) in [7, 11) is -1.72. The van der Waals surface area contributed by atoms with Gasteiger partial charge in [-0.2, -0.15) is 0 Å². The minimum atomic E-state index is -3.73. The molecule has 0 saturated carbocycles. The Balaban J connectivity index is 2.14. The van der Waals surface area contributed by atoms with Crippen LogP contribution < -0.4 is 10.5 Å². The van der Waals surface area contributed by atoms with Gasteiger partial charge in [0.1, 0.15) is 5.82 Å². The van der Waals surface area contributed by atoms with Gasteiger partial charge in [0.2, 0.25) is 10.0 Å². The molecule has 0 radical (unpaired) electrons. The normalized spacial score (nSPS) is 20.4. The van der Waals surface area contributed by atoms with E-state index in [0.29, 0.717) is 12.5 Å². The maximum Gasteiger partial charge on any atom is 0.241 e. The van der Waals surface area contributed by atoms with Crippen molar-refractivity contribution >= 4 is 15.7 Å². The van der Waals surface area contributed by atoms with E-state index in [1.54, 1.807) is 0 Å². The van der Waals surface area contributed by atoms with Crippen LogP contribution in [0.3, 0.4) is 0 Å². The van der Waals surface area contributed by atoms with Crippen molar-refractivity contribution in [2.24, 2.45) is 5.92 Å². The standard InChI is InChI=1S/C13H20FN3O2S/c1-9-12(14)5-11(15)6-13(9)20(18,19)16-7-10-3-4-17(2)8-10/h5-6,10,16H,3-4,7-8,15H2,1-2H3. The number of nitrogens with two attached hydrogens (primary N) is 1. The van der Waals surface area contributed by atoms with Gasteiger partial charge in [-0.15, -0.1) is 0 Å². The summed E-state index contributed by atoms with van der Waals surface area (Å²) in [5.74, 6) is -0.313. The molecule has 1 aromatic carbocycles. The maximum absolute atomic E-state index is 13.6. The summed E-state index contributed by atoms with van der Waals surface area (Å²) in [5.41, 5.74) is 5.72. The Kier molecular flexibility index (Phi) is 4.31. The van der Waals surface area contributed by atoms with Crippen molar-refractivity contribution in [2.75, 3.05) is 32.4 Å². The molecular formula is C13H20FN3O2S. The summed E-state index contributed by atoms with van der Waals surface area (Å²) < 4.78 is 40.6. The highest BCUT2D eigenvalue weighted by molar-refractivity contribution is 7.89. The van der Waals surface area contributed by atoms with Crippen molar-refractivity contribution in [1.29, 1.82) is 0 Å². The second kappa shape index (κ2) is 5.67. The molecule has 1 aliphatic heterocycles. The van der Waals surface area contributed by atoms with E-state index in [9.17, 15) is 12.8 Å². The van der Waals surface area contributed by atoms with Gasteiger partial charge < -0.3 is 10.6 Å². The Labute approximate surface area is 119 Å². The summed E-state index contributed by atoms with van der Waals surface area (Å²) in [4.78, 5) is 2.08. The zero-order valence-corrected chi connectivity index (χ0v) is 12.5. The van der Waals surface area contributed by atoms with Crippen LogP contribution in [0.4, 0.5) is 10.1 Å². The van der Waals surface area contributed by atoms with Gasteiger partial charge in [0, 0.05) is 24.3 Å². The summed E-state index contributed by atoms with van der Waals surface area (Å²) in [5, 5.41) is 0.